The van der Waals surface area contributed by atoms with Gasteiger partial charge in [0.05, 0.1) is 22.1 Å². The first-order chi connectivity index (χ1) is 16.3. The zero-order valence-corrected chi connectivity index (χ0v) is 20.7. The molecule has 174 valence electrons. The van der Waals surface area contributed by atoms with Crippen LogP contribution in [0.4, 0.5) is 5.69 Å². The van der Waals surface area contributed by atoms with E-state index in [0.717, 1.165) is 26.1 Å². The third kappa shape index (κ3) is 5.90. The molecular formula is C25H22ClN3O3S2. The maximum absolute atomic E-state index is 13.4. The van der Waals surface area contributed by atoms with Crippen LogP contribution in [0.2, 0.25) is 5.02 Å². The number of hydrogen-bond donors (Lipinski definition) is 1. The first-order valence-electron chi connectivity index (χ1n) is 10.4. The normalized spacial score (nSPS) is 11.5. The maximum atomic E-state index is 13.4. The van der Waals surface area contributed by atoms with E-state index < -0.39 is 15.9 Å². The summed E-state index contributed by atoms with van der Waals surface area (Å²) in [6, 6.07) is 22.4. The van der Waals surface area contributed by atoms with Crippen molar-refractivity contribution in [3.63, 3.8) is 0 Å². The monoisotopic (exact) mass is 511 g/mol. The van der Waals surface area contributed by atoms with Gasteiger partial charge >= 0.3 is 0 Å². The van der Waals surface area contributed by atoms with Gasteiger partial charge in [-0.25, -0.2) is 13.4 Å². The van der Waals surface area contributed by atoms with Gasteiger partial charge < -0.3 is 5.32 Å². The summed E-state index contributed by atoms with van der Waals surface area (Å²) in [4.78, 5) is 17.5. The second-order valence-corrected chi connectivity index (χ2v) is 11.0. The lowest BCUT2D eigenvalue weighted by Gasteiger charge is -2.22. The van der Waals surface area contributed by atoms with Crippen LogP contribution in [-0.4, -0.2) is 30.2 Å². The quantitative estimate of drug-likeness (QED) is 0.334. The predicted molar refractivity (Wildman–Crippen MR) is 136 cm³/mol. The molecule has 1 aromatic heterocycles. The molecule has 0 saturated carbocycles. The molecule has 0 aliphatic heterocycles. The Kier molecular flexibility index (Phi) is 7.43. The standard InChI is InChI=1S/C25H22ClN3O3S2/c1-18-27-24(17-33-18)20-8-5-9-22(14-20)28-25(30)16-29(15-19-6-3-2-4-7-19)34(31,32)23-12-10-21(26)11-13-23/h2-14,17H,15-16H2,1H3,(H,28,30). The fourth-order valence-corrected chi connectivity index (χ4v) is 5.51. The van der Waals surface area contributed by atoms with Gasteiger partial charge in [0.2, 0.25) is 15.9 Å². The van der Waals surface area contributed by atoms with Crippen LogP contribution in [0.25, 0.3) is 11.3 Å². The largest absolute Gasteiger partial charge is 0.325 e. The Labute approximate surface area is 207 Å². The molecule has 4 rings (SSSR count). The molecular weight excluding hydrogens is 490 g/mol. The Morgan fingerprint density at radius 1 is 1.03 bits per heavy atom. The zero-order valence-electron chi connectivity index (χ0n) is 18.3. The molecule has 0 fully saturated rings. The van der Waals surface area contributed by atoms with Crippen LogP contribution in [0.1, 0.15) is 10.6 Å². The summed E-state index contributed by atoms with van der Waals surface area (Å²) in [7, 11) is -3.95. The van der Waals surface area contributed by atoms with Crippen molar-refractivity contribution in [2.45, 2.75) is 18.4 Å². The molecule has 3 aromatic carbocycles. The summed E-state index contributed by atoms with van der Waals surface area (Å²) in [5.41, 5.74) is 3.04. The highest BCUT2D eigenvalue weighted by atomic mass is 35.5. The first-order valence-corrected chi connectivity index (χ1v) is 13.1. The number of hydrogen-bond acceptors (Lipinski definition) is 5. The van der Waals surface area contributed by atoms with Crippen LogP contribution in [0.3, 0.4) is 0 Å². The van der Waals surface area contributed by atoms with Gasteiger partial charge in [0.15, 0.2) is 0 Å². The molecule has 1 N–H and O–H groups in total. The second-order valence-electron chi connectivity index (χ2n) is 7.59. The van der Waals surface area contributed by atoms with Crippen LogP contribution in [0.5, 0.6) is 0 Å². The van der Waals surface area contributed by atoms with Crippen molar-refractivity contribution in [2.24, 2.45) is 0 Å². The summed E-state index contributed by atoms with van der Waals surface area (Å²) in [6.07, 6.45) is 0. The Balaban J connectivity index is 1.56. The number of nitrogens with one attached hydrogen (secondary N) is 1. The molecule has 0 aliphatic carbocycles. The highest BCUT2D eigenvalue weighted by Gasteiger charge is 2.27. The molecule has 34 heavy (non-hydrogen) atoms. The van der Waals surface area contributed by atoms with Crippen LogP contribution in [0.15, 0.2) is 89.1 Å². The average Bonchev–Trinajstić information content (AvgIpc) is 3.26. The van der Waals surface area contributed by atoms with Gasteiger partial charge in [0.25, 0.3) is 0 Å². The van der Waals surface area contributed by atoms with Gasteiger partial charge in [-0.2, -0.15) is 4.31 Å². The lowest BCUT2D eigenvalue weighted by atomic mass is 10.1. The zero-order chi connectivity index (χ0) is 24.1. The number of sulfonamides is 1. The summed E-state index contributed by atoms with van der Waals surface area (Å²) in [6.45, 7) is 1.64. The number of halogens is 1. The number of thiazole rings is 1. The van der Waals surface area contributed by atoms with E-state index in [-0.39, 0.29) is 18.0 Å². The smallest absolute Gasteiger partial charge is 0.243 e. The minimum absolute atomic E-state index is 0.0529. The second kappa shape index (κ2) is 10.5. The minimum atomic E-state index is -3.95. The Morgan fingerprint density at radius 2 is 1.76 bits per heavy atom. The number of carbonyl (C=O) groups is 1. The Hall–Kier alpha value is -3.04. The summed E-state index contributed by atoms with van der Waals surface area (Å²) < 4.78 is 27.9. The van der Waals surface area contributed by atoms with Crippen molar-refractivity contribution in [3.8, 4) is 11.3 Å². The highest BCUT2D eigenvalue weighted by molar-refractivity contribution is 7.89. The SMILES string of the molecule is Cc1nc(-c2cccc(NC(=O)CN(Cc3ccccc3)S(=O)(=O)c3ccc(Cl)cc3)c2)cs1. The van der Waals surface area contributed by atoms with Crippen LogP contribution >= 0.6 is 22.9 Å². The van der Waals surface area contributed by atoms with Gasteiger partial charge in [0, 0.05) is 28.2 Å². The van der Waals surface area contributed by atoms with E-state index in [9.17, 15) is 13.2 Å². The first kappa shape index (κ1) is 24.1. The van der Waals surface area contributed by atoms with Crippen LogP contribution < -0.4 is 5.32 Å². The number of rotatable bonds is 8. The molecule has 0 aliphatic rings. The molecule has 0 spiro atoms. The van der Waals surface area contributed by atoms with Gasteiger partial charge in [0.1, 0.15) is 0 Å². The molecule has 0 unspecified atom stereocenters. The molecule has 4 aromatic rings. The molecule has 1 amide bonds. The average molecular weight is 512 g/mol. The van der Waals surface area contributed by atoms with Crippen molar-refractivity contribution in [2.75, 3.05) is 11.9 Å². The summed E-state index contributed by atoms with van der Waals surface area (Å²) in [5, 5.41) is 6.16. The molecule has 6 nitrogen and oxygen atoms in total. The third-order valence-electron chi connectivity index (χ3n) is 5.03. The van der Waals surface area contributed by atoms with E-state index in [1.165, 1.54) is 24.3 Å². The van der Waals surface area contributed by atoms with E-state index in [1.54, 1.807) is 17.4 Å². The number of aryl methyl sites for hydroxylation is 1. The Bertz CT molecular complexity index is 1390. The topological polar surface area (TPSA) is 79.4 Å². The maximum Gasteiger partial charge on any atom is 0.243 e. The number of carbonyl (C=O) groups excluding carboxylic acids is 1. The fourth-order valence-electron chi connectivity index (χ4n) is 3.38. The highest BCUT2D eigenvalue weighted by Crippen LogP contribution is 2.25. The number of nitrogens with zero attached hydrogens (tertiary/aromatic N) is 2. The van der Waals surface area contributed by atoms with E-state index >= 15 is 0 Å². The number of benzene rings is 3. The van der Waals surface area contributed by atoms with E-state index in [1.807, 2.05) is 60.8 Å². The van der Waals surface area contributed by atoms with Crippen LogP contribution in [-0.2, 0) is 21.4 Å². The van der Waals surface area contributed by atoms with Gasteiger partial charge in [-0.05, 0) is 48.9 Å². The molecule has 0 radical (unpaired) electrons. The van der Waals surface area contributed by atoms with Crippen molar-refractivity contribution < 1.29 is 13.2 Å². The van der Waals surface area contributed by atoms with Gasteiger partial charge in [-0.1, -0.05) is 54.1 Å². The molecule has 0 saturated heterocycles. The number of amides is 1. The third-order valence-corrected chi connectivity index (χ3v) is 7.87. The van der Waals surface area contributed by atoms with Crippen molar-refractivity contribution in [3.05, 3.63) is 99.8 Å². The fraction of sp³-hybridized carbons (Fsp3) is 0.120. The summed E-state index contributed by atoms with van der Waals surface area (Å²) >= 11 is 7.48. The lowest BCUT2D eigenvalue weighted by Crippen LogP contribution is -2.37. The molecule has 9 heteroatoms. The minimum Gasteiger partial charge on any atom is -0.325 e. The van der Waals surface area contributed by atoms with Crippen molar-refractivity contribution >= 4 is 44.6 Å². The molecule has 0 bridgehead atoms. The lowest BCUT2D eigenvalue weighted by molar-refractivity contribution is -0.116. The van der Waals surface area contributed by atoms with Gasteiger partial charge in [-0.15, -0.1) is 11.3 Å². The molecule has 0 atom stereocenters. The Morgan fingerprint density at radius 3 is 2.44 bits per heavy atom. The molecule has 1 heterocycles. The summed E-state index contributed by atoms with van der Waals surface area (Å²) in [5.74, 6) is -0.444. The van der Waals surface area contributed by atoms with E-state index in [4.69, 9.17) is 11.6 Å². The predicted octanol–water partition coefficient (Wildman–Crippen LogP) is 5.60. The van der Waals surface area contributed by atoms with E-state index in [0.29, 0.717) is 10.7 Å². The van der Waals surface area contributed by atoms with E-state index in [2.05, 4.69) is 10.3 Å². The number of anilines is 1. The van der Waals surface area contributed by atoms with Gasteiger partial charge in [-0.3, -0.25) is 4.79 Å². The van der Waals surface area contributed by atoms with Crippen molar-refractivity contribution in [1.29, 1.82) is 0 Å². The number of aromatic nitrogens is 1. The van der Waals surface area contributed by atoms with Crippen LogP contribution in [0, 0.1) is 6.92 Å². The van der Waals surface area contributed by atoms with Crippen molar-refractivity contribution in [1.82, 2.24) is 9.29 Å².